The molecule has 0 radical (unpaired) electrons. The second kappa shape index (κ2) is 16.5. The lowest BCUT2D eigenvalue weighted by Crippen LogP contribution is -2.31. The molecule has 8 heteroatoms. The molecule has 0 fully saturated rings. The monoisotopic (exact) mass is 582 g/mol. The highest BCUT2D eigenvalue weighted by molar-refractivity contribution is 9.10. The van der Waals surface area contributed by atoms with Crippen molar-refractivity contribution in [2.45, 2.75) is 21.3 Å². The van der Waals surface area contributed by atoms with Crippen LogP contribution in [0, 0.1) is 36.5 Å². The van der Waals surface area contributed by atoms with Crippen LogP contribution >= 0.6 is 15.9 Å². The van der Waals surface area contributed by atoms with Crippen molar-refractivity contribution >= 4 is 41.1 Å². The van der Waals surface area contributed by atoms with Gasteiger partial charge in [-0.25, -0.2) is 0 Å². The molecular weight excluding hydrogens is 555 g/mol. The summed E-state index contributed by atoms with van der Waals surface area (Å²) >= 11 is 3.17. The Kier molecular flexibility index (Phi) is 13.8. The van der Waals surface area contributed by atoms with Crippen molar-refractivity contribution in [1.29, 1.82) is 10.5 Å². The molecule has 0 bridgehead atoms. The fraction of sp³-hybridized carbons (Fsp3) is 0.0968. The van der Waals surface area contributed by atoms with Crippen molar-refractivity contribution in [3.8, 4) is 23.3 Å². The van der Waals surface area contributed by atoms with Gasteiger partial charge in [0, 0.05) is 21.2 Å². The summed E-state index contributed by atoms with van der Waals surface area (Å²) in [6, 6.07) is 29.1. The third-order valence-electron chi connectivity index (χ3n) is 5.45. The van der Waals surface area contributed by atoms with Gasteiger partial charge in [-0.1, -0.05) is 73.7 Å². The van der Waals surface area contributed by atoms with Gasteiger partial charge in [0.1, 0.15) is 18.6 Å². The Morgan fingerprint density at radius 1 is 0.718 bits per heavy atom. The van der Waals surface area contributed by atoms with Gasteiger partial charge in [-0.05, 0) is 70.6 Å². The smallest absolute Gasteiger partial charge is 0.423 e. The lowest BCUT2D eigenvalue weighted by atomic mass is 9.77. The quantitative estimate of drug-likeness (QED) is 0.232. The molecule has 2 N–H and O–H groups in total. The van der Waals surface area contributed by atoms with Gasteiger partial charge < -0.3 is 10.0 Å². The predicted molar refractivity (Wildman–Crippen MR) is 159 cm³/mol. The Hall–Kier alpha value is -4.34. The van der Waals surface area contributed by atoms with Crippen molar-refractivity contribution in [3.63, 3.8) is 0 Å². The molecule has 6 nitrogen and oxygen atoms in total. The Labute approximate surface area is 238 Å². The SMILES string of the molecule is C.Cc1ccccc1-c1cc(C=O)ccc1C#N.Cc1ccccc1B(O)O.N#Cc1ccc(C=O)cc1Br. The predicted octanol–water partition coefficient (Wildman–Crippen LogP) is 5.79. The van der Waals surface area contributed by atoms with E-state index in [0.29, 0.717) is 32.2 Å². The minimum atomic E-state index is -1.35. The van der Waals surface area contributed by atoms with Gasteiger partial charge in [-0.3, -0.25) is 9.59 Å². The number of hydrogen-bond donors (Lipinski definition) is 2. The Morgan fingerprint density at radius 2 is 1.23 bits per heavy atom. The molecule has 0 aliphatic carbocycles. The van der Waals surface area contributed by atoms with Crippen LogP contribution in [0.5, 0.6) is 0 Å². The van der Waals surface area contributed by atoms with Gasteiger partial charge in [-0.15, -0.1) is 0 Å². The van der Waals surface area contributed by atoms with Crippen molar-refractivity contribution in [2.24, 2.45) is 0 Å². The number of carbonyl (C=O) groups excluding carboxylic acids is 2. The molecule has 0 unspecified atom stereocenters. The number of hydrogen-bond acceptors (Lipinski definition) is 6. The molecule has 4 aromatic carbocycles. The highest BCUT2D eigenvalue weighted by Crippen LogP contribution is 2.27. The first-order valence-electron chi connectivity index (χ1n) is 11.4. The Balaban J connectivity index is 0.000000303. The molecule has 0 spiro atoms. The zero-order valence-corrected chi connectivity index (χ0v) is 22.4. The normalized spacial score (nSPS) is 9.10. The first-order chi connectivity index (χ1) is 18.2. The number of nitriles is 2. The van der Waals surface area contributed by atoms with Crippen LogP contribution in [-0.4, -0.2) is 29.7 Å². The Bertz CT molecular complexity index is 1510. The minimum absolute atomic E-state index is 0. The van der Waals surface area contributed by atoms with E-state index in [-0.39, 0.29) is 7.43 Å². The summed E-state index contributed by atoms with van der Waals surface area (Å²) in [5, 5.41) is 35.1. The number of aldehydes is 2. The molecule has 0 amide bonds. The molecular formula is C31H28BBrN2O4. The zero-order valence-electron chi connectivity index (χ0n) is 20.8. The van der Waals surface area contributed by atoms with E-state index in [1.54, 1.807) is 48.5 Å². The first kappa shape index (κ1) is 32.7. The van der Waals surface area contributed by atoms with Crippen LogP contribution in [-0.2, 0) is 0 Å². The van der Waals surface area contributed by atoms with E-state index in [1.807, 2.05) is 56.3 Å². The van der Waals surface area contributed by atoms with Crippen molar-refractivity contribution in [1.82, 2.24) is 0 Å². The van der Waals surface area contributed by atoms with Gasteiger partial charge in [0.2, 0.25) is 0 Å². The van der Waals surface area contributed by atoms with Gasteiger partial charge in [0.25, 0.3) is 0 Å². The van der Waals surface area contributed by atoms with Gasteiger partial charge in [-0.2, -0.15) is 10.5 Å². The number of rotatable bonds is 4. The second-order valence-electron chi connectivity index (χ2n) is 8.05. The fourth-order valence-electron chi connectivity index (χ4n) is 3.40. The summed E-state index contributed by atoms with van der Waals surface area (Å²) < 4.78 is 0.657. The van der Waals surface area contributed by atoms with E-state index in [0.717, 1.165) is 34.8 Å². The molecule has 196 valence electrons. The molecule has 0 aliphatic heterocycles. The molecule has 4 rings (SSSR count). The van der Waals surface area contributed by atoms with Crippen LogP contribution in [0.3, 0.4) is 0 Å². The maximum absolute atomic E-state index is 10.8. The van der Waals surface area contributed by atoms with Crippen molar-refractivity contribution in [2.75, 3.05) is 0 Å². The van der Waals surface area contributed by atoms with Crippen molar-refractivity contribution in [3.05, 3.63) is 123 Å². The maximum atomic E-state index is 10.8. The van der Waals surface area contributed by atoms with Gasteiger partial charge in [0.15, 0.2) is 0 Å². The molecule has 39 heavy (non-hydrogen) atoms. The summed E-state index contributed by atoms with van der Waals surface area (Å²) in [5.74, 6) is 0. The third kappa shape index (κ3) is 9.48. The van der Waals surface area contributed by atoms with Crippen LogP contribution in [0.15, 0.2) is 89.4 Å². The number of benzene rings is 4. The number of nitrogens with zero attached hydrogens (tertiary/aromatic N) is 2. The lowest BCUT2D eigenvalue weighted by molar-refractivity contribution is 0.111. The van der Waals surface area contributed by atoms with Crippen LogP contribution in [0.1, 0.15) is 50.4 Å². The topological polar surface area (TPSA) is 122 Å². The zero-order chi connectivity index (χ0) is 28.1. The van der Waals surface area contributed by atoms with E-state index in [4.69, 9.17) is 20.6 Å². The number of halogens is 1. The second-order valence-corrected chi connectivity index (χ2v) is 8.90. The minimum Gasteiger partial charge on any atom is -0.423 e. The number of carbonyl (C=O) groups is 2. The summed E-state index contributed by atoms with van der Waals surface area (Å²) in [6.45, 7) is 3.83. The average molecular weight is 583 g/mol. The first-order valence-corrected chi connectivity index (χ1v) is 12.2. The molecule has 0 saturated heterocycles. The van der Waals surface area contributed by atoms with Gasteiger partial charge in [0.05, 0.1) is 17.2 Å². The van der Waals surface area contributed by atoms with E-state index in [1.165, 1.54) is 0 Å². The van der Waals surface area contributed by atoms with Crippen LogP contribution in [0.25, 0.3) is 11.1 Å². The summed E-state index contributed by atoms with van der Waals surface area (Å²) in [5.41, 5.74) is 6.65. The largest absolute Gasteiger partial charge is 0.488 e. The average Bonchev–Trinajstić information content (AvgIpc) is 2.93. The van der Waals surface area contributed by atoms with E-state index in [9.17, 15) is 9.59 Å². The molecule has 0 aliphatic rings. The van der Waals surface area contributed by atoms with E-state index < -0.39 is 7.12 Å². The molecule has 4 aromatic rings. The van der Waals surface area contributed by atoms with E-state index >= 15 is 0 Å². The Morgan fingerprint density at radius 3 is 1.69 bits per heavy atom. The van der Waals surface area contributed by atoms with Gasteiger partial charge >= 0.3 is 7.12 Å². The highest BCUT2D eigenvalue weighted by atomic mass is 79.9. The summed E-state index contributed by atoms with van der Waals surface area (Å²) in [7, 11) is -1.35. The summed E-state index contributed by atoms with van der Waals surface area (Å²) in [6.07, 6.45) is 1.54. The maximum Gasteiger partial charge on any atom is 0.488 e. The van der Waals surface area contributed by atoms with Crippen molar-refractivity contribution < 1.29 is 19.6 Å². The highest BCUT2D eigenvalue weighted by Gasteiger charge is 2.11. The van der Waals surface area contributed by atoms with Crippen LogP contribution in [0.4, 0.5) is 0 Å². The lowest BCUT2D eigenvalue weighted by Gasteiger charge is -2.08. The summed E-state index contributed by atoms with van der Waals surface area (Å²) in [4.78, 5) is 21.0. The fourth-order valence-corrected chi connectivity index (χ4v) is 3.89. The van der Waals surface area contributed by atoms with Crippen LogP contribution < -0.4 is 5.46 Å². The molecule has 0 atom stereocenters. The molecule has 0 saturated carbocycles. The molecule has 0 heterocycles. The standard InChI is InChI=1S/C15H11NO.C8H4BrNO.C7H9BO2.CH4/c1-11-4-2-3-5-14(11)15-8-12(10-17)6-7-13(15)9-16;9-8-3-6(5-11)1-2-7(8)4-10;1-6-4-2-3-5-7(6)8(9)10;/h2-8,10H,1H3;1-3,5H;2-5,9-10H,1H3;1H4. The third-order valence-corrected chi connectivity index (χ3v) is 6.11. The number of aryl methyl sites for hydroxylation is 2. The molecule has 0 aromatic heterocycles. The van der Waals surface area contributed by atoms with E-state index in [2.05, 4.69) is 22.0 Å². The van der Waals surface area contributed by atoms with Crippen LogP contribution in [0.2, 0.25) is 0 Å².